The fraction of sp³-hybridized carbons (Fsp3) is 0.111. The first-order valence-electron chi connectivity index (χ1n) is 7.95. The number of aryl methyl sites for hydroxylation is 1. The molecule has 0 radical (unpaired) electrons. The Morgan fingerprint density at radius 1 is 1.14 bits per heavy atom. The van der Waals surface area contributed by atoms with Crippen molar-refractivity contribution in [3.05, 3.63) is 64.0 Å². The summed E-state index contributed by atoms with van der Waals surface area (Å²) < 4.78 is 32.1. The Kier molecular flexibility index (Phi) is 5.64. The van der Waals surface area contributed by atoms with Gasteiger partial charge in [-0.25, -0.2) is 18.1 Å². The first-order valence-corrected chi connectivity index (χ1v) is 10.2. The summed E-state index contributed by atoms with van der Waals surface area (Å²) in [6.45, 7) is 1.70. The minimum absolute atomic E-state index is 0.0477. The maximum absolute atomic E-state index is 12.6. The second kappa shape index (κ2) is 7.83. The maximum atomic E-state index is 12.6. The molecule has 0 saturated heterocycles. The second-order valence-electron chi connectivity index (χ2n) is 5.77. The van der Waals surface area contributed by atoms with E-state index in [0.717, 1.165) is 0 Å². The van der Waals surface area contributed by atoms with Crippen molar-refractivity contribution in [1.29, 1.82) is 0 Å². The van der Waals surface area contributed by atoms with E-state index in [1.54, 1.807) is 31.2 Å². The van der Waals surface area contributed by atoms with Crippen LogP contribution in [0.5, 0.6) is 5.75 Å². The lowest BCUT2D eigenvalue weighted by Crippen LogP contribution is -2.31. The molecule has 0 aliphatic carbocycles. The Hall–Kier alpha value is -2.55. The highest BCUT2D eigenvalue weighted by Gasteiger charge is 2.25. The molecule has 1 aromatic heterocycles. The number of aromatic nitrogens is 2. The number of nitrogens with zero attached hydrogens (tertiary/aromatic N) is 1. The number of aromatic amines is 1. The number of ether oxygens (including phenoxy) is 1. The number of halogens is 2. The van der Waals surface area contributed by atoms with Crippen LogP contribution >= 0.6 is 23.2 Å². The van der Waals surface area contributed by atoms with Crippen LogP contribution in [0, 0.1) is 6.92 Å². The number of sulfonamides is 1. The van der Waals surface area contributed by atoms with Crippen molar-refractivity contribution in [1.82, 2.24) is 14.7 Å². The molecule has 0 aliphatic rings. The summed E-state index contributed by atoms with van der Waals surface area (Å²) in [7, 11) is -2.86. The van der Waals surface area contributed by atoms with Crippen molar-refractivity contribution in [2.45, 2.75) is 11.8 Å². The summed E-state index contributed by atoms with van der Waals surface area (Å²) in [5.41, 5.74) is 1.64. The van der Waals surface area contributed by atoms with E-state index < -0.39 is 15.9 Å². The van der Waals surface area contributed by atoms with Gasteiger partial charge in [-0.15, -0.1) is 0 Å². The molecule has 3 aromatic rings. The van der Waals surface area contributed by atoms with Crippen LogP contribution < -0.4 is 9.46 Å². The number of carbonyl (C=O) groups excluding carboxylic acids is 1. The molecule has 0 fully saturated rings. The number of amides is 1. The van der Waals surface area contributed by atoms with Crippen LogP contribution in [0.2, 0.25) is 10.0 Å². The molecule has 10 heteroatoms. The van der Waals surface area contributed by atoms with Gasteiger partial charge < -0.3 is 9.72 Å². The number of rotatable bonds is 5. The normalized spacial score (nSPS) is 11.3. The monoisotopic (exact) mass is 439 g/mol. The first-order chi connectivity index (χ1) is 13.2. The third-order valence-corrected chi connectivity index (χ3v) is 6.03. The zero-order valence-electron chi connectivity index (χ0n) is 14.8. The van der Waals surface area contributed by atoms with Gasteiger partial charge in [-0.1, -0.05) is 41.4 Å². The third-order valence-electron chi connectivity index (χ3n) is 3.88. The molecular weight excluding hydrogens is 425 g/mol. The number of hydrogen-bond acceptors (Lipinski definition) is 5. The molecular formula is C18H15Cl2N3O4S. The SMILES string of the molecule is COc1ccc(Cl)c(S(=O)(=O)NC(=O)c2nc(-c3ccccc3Cl)c(C)[nH]2)c1. The average molecular weight is 440 g/mol. The predicted molar refractivity (Wildman–Crippen MR) is 106 cm³/mol. The Morgan fingerprint density at radius 2 is 1.86 bits per heavy atom. The summed E-state index contributed by atoms with van der Waals surface area (Å²) in [4.78, 5) is 19.2. The van der Waals surface area contributed by atoms with Crippen molar-refractivity contribution in [3.8, 4) is 17.0 Å². The number of imidazole rings is 1. The number of nitrogens with one attached hydrogen (secondary N) is 2. The maximum Gasteiger partial charge on any atom is 0.300 e. The van der Waals surface area contributed by atoms with Gasteiger partial charge in [0.15, 0.2) is 5.82 Å². The summed E-state index contributed by atoms with van der Waals surface area (Å²) >= 11 is 12.1. The van der Waals surface area contributed by atoms with Crippen LogP contribution in [0.4, 0.5) is 0 Å². The Labute approximate surface area is 171 Å². The van der Waals surface area contributed by atoms with Crippen LogP contribution in [0.1, 0.15) is 16.3 Å². The van der Waals surface area contributed by atoms with Crippen molar-refractivity contribution in [2.75, 3.05) is 7.11 Å². The van der Waals surface area contributed by atoms with Gasteiger partial charge in [-0.2, -0.15) is 0 Å². The Bertz CT molecular complexity index is 1160. The Balaban J connectivity index is 1.92. The summed E-state index contributed by atoms with van der Waals surface area (Å²) in [6.07, 6.45) is 0. The molecule has 146 valence electrons. The van der Waals surface area contributed by atoms with Crippen molar-refractivity contribution < 1.29 is 17.9 Å². The van der Waals surface area contributed by atoms with Gasteiger partial charge in [0.05, 0.1) is 22.8 Å². The summed E-state index contributed by atoms with van der Waals surface area (Å²) in [5, 5.41) is 0.410. The van der Waals surface area contributed by atoms with Gasteiger partial charge in [-0.3, -0.25) is 4.79 Å². The molecule has 2 N–H and O–H groups in total. The number of hydrogen-bond donors (Lipinski definition) is 2. The zero-order valence-corrected chi connectivity index (χ0v) is 17.1. The molecule has 1 amide bonds. The van der Waals surface area contributed by atoms with E-state index in [0.29, 0.717) is 22.0 Å². The topological polar surface area (TPSA) is 101 Å². The van der Waals surface area contributed by atoms with E-state index >= 15 is 0 Å². The minimum Gasteiger partial charge on any atom is -0.497 e. The van der Waals surface area contributed by atoms with E-state index in [9.17, 15) is 13.2 Å². The van der Waals surface area contributed by atoms with E-state index in [-0.39, 0.29) is 21.5 Å². The number of H-pyrrole nitrogens is 1. The number of carbonyl (C=O) groups is 1. The largest absolute Gasteiger partial charge is 0.497 e. The molecule has 0 unspecified atom stereocenters. The molecule has 0 atom stereocenters. The van der Waals surface area contributed by atoms with E-state index in [4.69, 9.17) is 27.9 Å². The highest BCUT2D eigenvalue weighted by atomic mass is 35.5. The molecule has 0 aliphatic heterocycles. The Morgan fingerprint density at radius 3 is 2.54 bits per heavy atom. The lowest BCUT2D eigenvalue weighted by atomic mass is 10.1. The van der Waals surface area contributed by atoms with Crippen LogP contribution in [0.3, 0.4) is 0 Å². The van der Waals surface area contributed by atoms with Gasteiger partial charge in [0.2, 0.25) is 0 Å². The van der Waals surface area contributed by atoms with Gasteiger partial charge in [0, 0.05) is 17.3 Å². The molecule has 28 heavy (non-hydrogen) atoms. The van der Waals surface area contributed by atoms with Crippen molar-refractivity contribution >= 4 is 39.1 Å². The molecule has 1 heterocycles. The lowest BCUT2D eigenvalue weighted by molar-refractivity contribution is 0.0972. The van der Waals surface area contributed by atoms with E-state index in [1.807, 2.05) is 4.72 Å². The fourth-order valence-corrected chi connectivity index (χ4v) is 4.22. The summed E-state index contributed by atoms with van der Waals surface area (Å²) in [5.74, 6) is -0.817. The predicted octanol–water partition coefficient (Wildman–Crippen LogP) is 3.82. The standard InChI is InChI=1S/C18H15Cl2N3O4S/c1-10-16(12-5-3-4-6-13(12)19)22-17(21-10)18(24)23-28(25,26)15-9-11(27-2)7-8-14(15)20/h3-9H,1-2H3,(H,21,22)(H,23,24). The van der Waals surface area contributed by atoms with Crippen LogP contribution in [0.25, 0.3) is 11.3 Å². The van der Waals surface area contributed by atoms with Crippen LogP contribution in [-0.2, 0) is 10.0 Å². The lowest BCUT2D eigenvalue weighted by Gasteiger charge is -2.09. The summed E-state index contributed by atoms with van der Waals surface area (Å²) in [6, 6.07) is 11.1. The van der Waals surface area contributed by atoms with Crippen molar-refractivity contribution in [3.63, 3.8) is 0 Å². The average Bonchev–Trinajstić information content (AvgIpc) is 3.04. The van der Waals surface area contributed by atoms with Crippen molar-refractivity contribution in [2.24, 2.45) is 0 Å². The fourth-order valence-electron chi connectivity index (χ4n) is 2.53. The quantitative estimate of drug-likeness (QED) is 0.628. The molecule has 3 rings (SSSR count). The minimum atomic E-state index is -4.24. The van der Waals surface area contributed by atoms with Crippen LogP contribution in [-0.4, -0.2) is 31.4 Å². The highest BCUT2D eigenvalue weighted by Crippen LogP contribution is 2.29. The van der Waals surface area contributed by atoms with E-state index in [2.05, 4.69) is 9.97 Å². The molecule has 0 spiro atoms. The molecule has 0 bridgehead atoms. The van der Waals surface area contributed by atoms with Gasteiger partial charge in [0.25, 0.3) is 10.0 Å². The van der Waals surface area contributed by atoms with Gasteiger partial charge in [-0.05, 0) is 25.1 Å². The number of benzene rings is 2. The first kappa shape index (κ1) is 20.2. The van der Waals surface area contributed by atoms with Crippen LogP contribution in [0.15, 0.2) is 47.4 Å². The van der Waals surface area contributed by atoms with Gasteiger partial charge >= 0.3 is 5.91 Å². The van der Waals surface area contributed by atoms with E-state index in [1.165, 1.54) is 25.3 Å². The molecule has 0 saturated carbocycles. The molecule has 2 aromatic carbocycles. The third kappa shape index (κ3) is 3.99. The zero-order chi connectivity index (χ0) is 20.5. The number of methoxy groups -OCH3 is 1. The van der Waals surface area contributed by atoms with Gasteiger partial charge in [0.1, 0.15) is 10.6 Å². The highest BCUT2D eigenvalue weighted by molar-refractivity contribution is 7.90. The smallest absolute Gasteiger partial charge is 0.300 e. The second-order valence-corrected chi connectivity index (χ2v) is 8.24. The molecule has 7 nitrogen and oxygen atoms in total.